The number of ether oxygens (including phenoxy) is 1. The Morgan fingerprint density at radius 1 is 1.09 bits per heavy atom. The Kier molecular flexibility index (Phi) is 7.45. The van der Waals surface area contributed by atoms with Gasteiger partial charge in [0.1, 0.15) is 18.9 Å². The van der Waals surface area contributed by atoms with E-state index >= 15 is 0 Å². The molecule has 5 nitrogen and oxygen atoms in total. The number of rotatable bonds is 8. The van der Waals surface area contributed by atoms with Crippen LogP contribution in [0.5, 0.6) is 5.75 Å². The number of hydrogen-bond acceptors (Lipinski definition) is 4. The quantitative estimate of drug-likeness (QED) is 0.467. The zero-order valence-electron chi connectivity index (χ0n) is 19.2. The van der Waals surface area contributed by atoms with E-state index in [1.807, 2.05) is 73.3 Å². The first-order chi connectivity index (χ1) is 16.1. The highest BCUT2D eigenvalue weighted by Gasteiger charge is 2.33. The summed E-state index contributed by atoms with van der Waals surface area (Å²) in [6, 6.07) is 19.2. The summed E-state index contributed by atoms with van der Waals surface area (Å²) in [6.07, 6.45) is 1.63. The maximum absolute atomic E-state index is 13.5. The number of aryl methyl sites for hydroxylation is 1. The molecule has 172 valence electrons. The lowest BCUT2D eigenvalue weighted by Gasteiger charge is -2.37. The predicted molar refractivity (Wildman–Crippen MR) is 132 cm³/mol. The Labute approximate surface area is 199 Å². The van der Waals surface area contributed by atoms with Crippen molar-refractivity contribution in [3.05, 3.63) is 87.6 Å². The van der Waals surface area contributed by atoms with Crippen molar-refractivity contribution >= 4 is 23.2 Å². The smallest absolute Gasteiger partial charge is 0.254 e. The van der Waals surface area contributed by atoms with Crippen LogP contribution in [-0.2, 0) is 11.2 Å². The fourth-order valence-corrected chi connectivity index (χ4v) is 5.25. The van der Waals surface area contributed by atoms with E-state index in [1.54, 1.807) is 16.2 Å². The number of hydrogen-bond donors (Lipinski definition) is 0. The molecular formula is C27H30N2O3S. The van der Waals surface area contributed by atoms with E-state index in [0.29, 0.717) is 25.3 Å². The van der Waals surface area contributed by atoms with Crippen molar-refractivity contribution in [1.82, 2.24) is 9.80 Å². The molecule has 4 rings (SSSR count). The summed E-state index contributed by atoms with van der Waals surface area (Å²) in [5.41, 5.74) is 2.73. The maximum atomic E-state index is 13.5. The van der Waals surface area contributed by atoms with Crippen LogP contribution >= 0.6 is 11.3 Å². The number of para-hydroxylation sites is 1. The van der Waals surface area contributed by atoms with Gasteiger partial charge in [-0.1, -0.05) is 43.3 Å². The van der Waals surface area contributed by atoms with Crippen LogP contribution in [0.2, 0.25) is 0 Å². The first-order valence-corrected chi connectivity index (χ1v) is 12.3. The first-order valence-electron chi connectivity index (χ1n) is 11.5. The molecule has 1 aliphatic heterocycles. The lowest BCUT2D eigenvalue weighted by Crippen LogP contribution is -2.48. The molecule has 0 spiro atoms. The molecule has 6 heteroatoms. The molecule has 0 unspecified atom stereocenters. The third kappa shape index (κ3) is 5.28. The van der Waals surface area contributed by atoms with Gasteiger partial charge in [-0.3, -0.25) is 9.59 Å². The standard InChI is InChI=1S/C27H30N2O3S/c1-3-15-28(27(31)22-12-8-7-9-20(22)2)18-26(30)29-16-13-25-23(14-17-33-25)24(29)19-32-21-10-5-4-6-11-21/h4-12,14,17,24H,3,13,15-16,18-19H2,1-2H3/t24-/m1/s1. The number of carbonyl (C=O) groups excluding carboxylic acids is 2. The second-order valence-electron chi connectivity index (χ2n) is 8.32. The van der Waals surface area contributed by atoms with E-state index in [-0.39, 0.29) is 24.4 Å². The van der Waals surface area contributed by atoms with Gasteiger partial charge >= 0.3 is 0 Å². The molecule has 1 aliphatic rings. The van der Waals surface area contributed by atoms with Crippen molar-refractivity contribution < 1.29 is 14.3 Å². The van der Waals surface area contributed by atoms with E-state index in [4.69, 9.17) is 4.74 Å². The van der Waals surface area contributed by atoms with Gasteiger partial charge in [-0.15, -0.1) is 11.3 Å². The third-order valence-corrected chi connectivity index (χ3v) is 7.05. The van der Waals surface area contributed by atoms with Crippen molar-refractivity contribution in [2.24, 2.45) is 0 Å². The van der Waals surface area contributed by atoms with Gasteiger partial charge in [0.05, 0.1) is 6.04 Å². The van der Waals surface area contributed by atoms with Crippen LogP contribution < -0.4 is 4.74 Å². The number of amides is 2. The monoisotopic (exact) mass is 462 g/mol. The molecule has 0 aliphatic carbocycles. The average molecular weight is 463 g/mol. The van der Waals surface area contributed by atoms with Gasteiger partial charge in [0.15, 0.2) is 0 Å². The molecule has 2 aromatic carbocycles. The molecule has 0 N–H and O–H groups in total. The first kappa shape index (κ1) is 23.1. The molecule has 0 saturated carbocycles. The second kappa shape index (κ2) is 10.7. The highest BCUT2D eigenvalue weighted by Crippen LogP contribution is 2.34. The van der Waals surface area contributed by atoms with Crippen LogP contribution in [-0.4, -0.2) is 47.9 Å². The zero-order valence-corrected chi connectivity index (χ0v) is 20.0. The number of nitrogens with zero attached hydrogens (tertiary/aromatic N) is 2. The Bertz CT molecular complexity index is 1100. The van der Waals surface area contributed by atoms with Crippen molar-refractivity contribution in [2.75, 3.05) is 26.2 Å². The second-order valence-corrected chi connectivity index (χ2v) is 9.32. The van der Waals surface area contributed by atoms with Gasteiger partial charge in [-0.25, -0.2) is 0 Å². The van der Waals surface area contributed by atoms with Crippen molar-refractivity contribution in [2.45, 2.75) is 32.7 Å². The molecule has 1 aromatic heterocycles. The fraction of sp³-hybridized carbons (Fsp3) is 0.333. The molecule has 0 bridgehead atoms. The summed E-state index contributed by atoms with van der Waals surface area (Å²) >= 11 is 1.73. The van der Waals surface area contributed by atoms with Gasteiger partial charge in [0.2, 0.25) is 5.91 Å². The van der Waals surface area contributed by atoms with Gasteiger partial charge in [0, 0.05) is 23.5 Å². The summed E-state index contributed by atoms with van der Waals surface area (Å²) in [5, 5.41) is 2.08. The molecule has 0 fully saturated rings. The van der Waals surface area contributed by atoms with Crippen molar-refractivity contribution in [3.8, 4) is 5.75 Å². The Morgan fingerprint density at radius 2 is 1.85 bits per heavy atom. The van der Waals surface area contributed by atoms with Crippen molar-refractivity contribution in [1.29, 1.82) is 0 Å². The zero-order chi connectivity index (χ0) is 23.2. The lowest BCUT2D eigenvalue weighted by atomic mass is 10.00. The molecule has 0 saturated heterocycles. The SMILES string of the molecule is CCCN(CC(=O)N1CCc2sccc2[C@H]1COc1ccccc1)C(=O)c1ccccc1C. The van der Waals surface area contributed by atoms with E-state index in [9.17, 15) is 9.59 Å². The molecule has 3 aromatic rings. The normalized spacial score (nSPS) is 15.1. The summed E-state index contributed by atoms with van der Waals surface area (Å²) in [4.78, 5) is 31.7. The molecule has 0 radical (unpaired) electrons. The van der Waals surface area contributed by atoms with E-state index in [0.717, 1.165) is 29.7 Å². The minimum Gasteiger partial charge on any atom is -0.491 e. The molecule has 2 heterocycles. The maximum Gasteiger partial charge on any atom is 0.254 e. The van der Waals surface area contributed by atoms with Crippen LogP contribution in [0.3, 0.4) is 0 Å². The summed E-state index contributed by atoms with van der Waals surface area (Å²) in [7, 11) is 0. The number of thiophene rings is 1. The van der Waals surface area contributed by atoms with Gasteiger partial charge < -0.3 is 14.5 Å². The Morgan fingerprint density at radius 3 is 2.61 bits per heavy atom. The molecule has 2 amide bonds. The van der Waals surface area contributed by atoms with E-state index in [2.05, 4.69) is 11.4 Å². The molecule has 1 atom stereocenters. The largest absolute Gasteiger partial charge is 0.491 e. The number of carbonyl (C=O) groups is 2. The van der Waals surface area contributed by atoms with Crippen LogP contribution in [0, 0.1) is 6.92 Å². The van der Waals surface area contributed by atoms with E-state index < -0.39 is 0 Å². The molecular weight excluding hydrogens is 432 g/mol. The highest BCUT2D eigenvalue weighted by molar-refractivity contribution is 7.10. The van der Waals surface area contributed by atoms with Gasteiger partial charge in [0.25, 0.3) is 5.91 Å². The van der Waals surface area contributed by atoms with Crippen LogP contribution in [0.15, 0.2) is 66.0 Å². The van der Waals surface area contributed by atoms with Gasteiger partial charge in [-0.05, 0) is 60.5 Å². The average Bonchev–Trinajstić information content (AvgIpc) is 3.32. The number of benzene rings is 2. The molecule has 33 heavy (non-hydrogen) atoms. The summed E-state index contributed by atoms with van der Waals surface area (Å²) < 4.78 is 6.07. The number of fused-ring (bicyclic) bond motifs is 1. The summed E-state index contributed by atoms with van der Waals surface area (Å²) in [6.45, 7) is 5.59. The minimum absolute atomic E-state index is 0.0381. The Balaban J connectivity index is 1.52. The Hall–Kier alpha value is -3.12. The topological polar surface area (TPSA) is 49.9 Å². The van der Waals surface area contributed by atoms with Crippen molar-refractivity contribution in [3.63, 3.8) is 0 Å². The minimum atomic E-state index is -0.162. The third-order valence-electron chi connectivity index (χ3n) is 6.05. The lowest BCUT2D eigenvalue weighted by molar-refractivity contribution is -0.135. The predicted octanol–water partition coefficient (Wildman–Crippen LogP) is 5.11. The fourth-order valence-electron chi connectivity index (χ4n) is 4.33. The van der Waals surface area contributed by atoms with E-state index in [1.165, 1.54) is 4.88 Å². The van der Waals surface area contributed by atoms with Crippen LogP contribution in [0.4, 0.5) is 0 Å². The summed E-state index contributed by atoms with van der Waals surface area (Å²) in [5.74, 6) is 0.659. The van der Waals surface area contributed by atoms with Gasteiger partial charge in [-0.2, -0.15) is 0 Å². The highest BCUT2D eigenvalue weighted by atomic mass is 32.1. The van der Waals surface area contributed by atoms with Crippen LogP contribution in [0.25, 0.3) is 0 Å². The van der Waals surface area contributed by atoms with Crippen LogP contribution in [0.1, 0.15) is 45.7 Å².